The Hall–Kier alpha value is -0.120. The lowest BCUT2D eigenvalue weighted by Crippen LogP contribution is -2.44. The molecule has 1 saturated heterocycles. The Bertz CT molecular complexity index is 106. The summed E-state index contributed by atoms with van der Waals surface area (Å²) in [6.45, 7) is 6.92. The van der Waals surface area contributed by atoms with E-state index in [-0.39, 0.29) is 0 Å². The molecule has 0 spiro atoms. The highest BCUT2D eigenvalue weighted by atomic mass is 16.5. The summed E-state index contributed by atoms with van der Waals surface area (Å²) in [5.74, 6) is 0. The maximum Gasteiger partial charge on any atom is 0.0700 e. The minimum absolute atomic E-state index is 0.440. The van der Waals surface area contributed by atoms with Crippen molar-refractivity contribution in [1.82, 2.24) is 4.90 Å². The van der Waals surface area contributed by atoms with Gasteiger partial charge in [-0.15, -0.1) is 0 Å². The lowest BCUT2D eigenvalue weighted by molar-refractivity contribution is -0.0284. The van der Waals surface area contributed by atoms with Gasteiger partial charge in [0.1, 0.15) is 0 Å². The predicted molar refractivity (Wildman–Crippen MR) is 45.5 cm³/mol. The van der Waals surface area contributed by atoms with E-state index >= 15 is 0 Å². The first kappa shape index (κ1) is 8.97. The van der Waals surface area contributed by atoms with Crippen LogP contribution in [0.15, 0.2) is 0 Å². The van der Waals surface area contributed by atoms with Gasteiger partial charge >= 0.3 is 0 Å². The van der Waals surface area contributed by atoms with Crippen molar-refractivity contribution in [2.75, 3.05) is 32.8 Å². The Kier molecular flexibility index (Phi) is 3.83. The van der Waals surface area contributed by atoms with Crippen LogP contribution in [0.1, 0.15) is 13.3 Å². The number of nitrogens with zero attached hydrogens (tertiary/aromatic N) is 1. The van der Waals surface area contributed by atoms with Crippen LogP contribution in [0.2, 0.25) is 0 Å². The molecule has 0 amide bonds. The van der Waals surface area contributed by atoms with Crippen LogP contribution < -0.4 is 5.73 Å². The summed E-state index contributed by atoms with van der Waals surface area (Å²) >= 11 is 0. The molecule has 0 aromatic heterocycles. The highest BCUT2D eigenvalue weighted by Crippen LogP contribution is 2.06. The van der Waals surface area contributed by atoms with Gasteiger partial charge in [-0.2, -0.15) is 0 Å². The summed E-state index contributed by atoms with van der Waals surface area (Å²) in [4.78, 5) is 2.37. The van der Waals surface area contributed by atoms with Crippen LogP contribution in [-0.2, 0) is 4.74 Å². The van der Waals surface area contributed by atoms with E-state index in [4.69, 9.17) is 10.5 Å². The molecule has 0 bridgehead atoms. The monoisotopic (exact) mass is 158 g/mol. The van der Waals surface area contributed by atoms with Gasteiger partial charge in [-0.05, 0) is 6.42 Å². The van der Waals surface area contributed by atoms with Crippen LogP contribution in [0.25, 0.3) is 0 Å². The van der Waals surface area contributed by atoms with Crippen LogP contribution in [0.4, 0.5) is 0 Å². The molecule has 2 N–H and O–H groups in total. The van der Waals surface area contributed by atoms with E-state index < -0.39 is 0 Å². The van der Waals surface area contributed by atoms with Crippen molar-refractivity contribution in [2.24, 2.45) is 5.73 Å². The summed E-state index contributed by atoms with van der Waals surface area (Å²) in [5.41, 5.74) is 5.46. The SMILES string of the molecule is CC[C@H]1CN(CCN)CCO1. The zero-order valence-electron chi connectivity index (χ0n) is 7.25. The van der Waals surface area contributed by atoms with Crippen LogP contribution in [0.5, 0.6) is 0 Å². The van der Waals surface area contributed by atoms with E-state index in [1.807, 2.05) is 0 Å². The Labute approximate surface area is 68.5 Å². The Balaban J connectivity index is 2.21. The van der Waals surface area contributed by atoms with Gasteiger partial charge in [-0.3, -0.25) is 4.90 Å². The zero-order valence-corrected chi connectivity index (χ0v) is 7.25. The first-order chi connectivity index (χ1) is 5.36. The number of hydrogen-bond acceptors (Lipinski definition) is 3. The molecule has 0 saturated carbocycles. The van der Waals surface area contributed by atoms with Crippen LogP contribution >= 0.6 is 0 Å². The molecule has 3 nitrogen and oxygen atoms in total. The van der Waals surface area contributed by atoms with Gasteiger partial charge in [0, 0.05) is 26.2 Å². The largest absolute Gasteiger partial charge is 0.376 e. The highest BCUT2D eigenvalue weighted by Gasteiger charge is 2.17. The molecule has 1 aliphatic heterocycles. The first-order valence-electron chi connectivity index (χ1n) is 4.40. The lowest BCUT2D eigenvalue weighted by atomic mass is 10.2. The lowest BCUT2D eigenvalue weighted by Gasteiger charge is -2.31. The molecule has 3 heteroatoms. The van der Waals surface area contributed by atoms with E-state index in [0.717, 1.165) is 39.2 Å². The van der Waals surface area contributed by atoms with Gasteiger partial charge in [-0.25, -0.2) is 0 Å². The highest BCUT2D eigenvalue weighted by molar-refractivity contribution is 4.69. The molecule has 0 radical (unpaired) electrons. The Morgan fingerprint density at radius 2 is 2.45 bits per heavy atom. The van der Waals surface area contributed by atoms with E-state index in [9.17, 15) is 0 Å². The number of hydrogen-bond donors (Lipinski definition) is 1. The molecule has 0 unspecified atom stereocenters. The third kappa shape index (κ3) is 2.77. The van der Waals surface area contributed by atoms with Crippen LogP contribution in [0.3, 0.4) is 0 Å². The average Bonchev–Trinajstić information content (AvgIpc) is 2.06. The zero-order chi connectivity index (χ0) is 8.10. The van der Waals surface area contributed by atoms with E-state index in [1.165, 1.54) is 0 Å². The maximum atomic E-state index is 5.52. The molecule has 66 valence electrons. The summed E-state index contributed by atoms with van der Waals surface area (Å²) in [5, 5.41) is 0. The summed E-state index contributed by atoms with van der Waals surface area (Å²) in [7, 11) is 0. The van der Waals surface area contributed by atoms with Gasteiger partial charge in [0.25, 0.3) is 0 Å². The van der Waals surface area contributed by atoms with Crippen molar-refractivity contribution in [3.63, 3.8) is 0 Å². The van der Waals surface area contributed by atoms with E-state index in [2.05, 4.69) is 11.8 Å². The molecule has 1 rings (SSSR count). The van der Waals surface area contributed by atoms with Crippen LogP contribution in [-0.4, -0.2) is 43.8 Å². The van der Waals surface area contributed by atoms with E-state index in [1.54, 1.807) is 0 Å². The van der Waals surface area contributed by atoms with Crippen molar-refractivity contribution < 1.29 is 4.74 Å². The number of morpholine rings is 1. The molecule has 1 heterocycles. The molecule has 1 aliphatic rings. The van der Waals surface area contributed by atoms with E-state index in [0.29, 0.717) is 6.10 Å². The molecule has 0 aromatic carbocycles. The molecule has 11 heavy (non-hydrogen) atoms. The Morgan fingerprint density at radius 1 is 1.64 bits per heavy atom. The Morgan fingerprint density at radius 3 is 3.09 bits per heavy atom. The summed E-state index contributed by atoms with van der Waals surface area (Å²) in [6, 6.07) is 0. The van der Waals surface area contributed by atoms with Crippen molar-refractivity contribution in [2.45, 2.75) is 19.4 Å². The molecule has 0 aromatic rings. The van der Waals surface area contributed by atoms with Crippen LogP contribution in [0, 0.1) is 0 Å². The van der Waals surface area contributed by atoms with Gasteiger partial charge in [-0.1, -0.05) is 6.92 Å². The number of ether oxygens (including phenoxy) is 1. The van der Waals surface area contributed by atoms with Gasteiger partial charge in [0.05, 0.1) is 12.7 Å². The topological polar surface area (TPSA) is 38.5 Å². The minimum Gasteiger partial charge on any atom is -0.376 e. The fraction of sp³-hybridized carbons (Fsp3) is 1.00. The molecule has 1 fully saturated rings. The van der Waals surface area contributed by atoms with Gasteiger partial charge < -0.3 is 10.5 Å². The van der Waals surface area contributed by atoms with Gasteiger partial charge in [0.2, 0.25) is 0 Å². The second-order valence-corrected chi connectivity index (χ2v) is 2.99. The van der Waals surface area contributed by atoms with Crippen molar-refractivity contribution >= 4 is 0 Å². The van der Waals surface area contributed by atoms with Crippen molar-refractivity contribution in [3.8, 4) is 0 Å². The third-order valence-corrected chi connectivity index (χ3v) is 2.12. The standard InChI is InChI=1S/C8H18N2O/c1-2-8-7-10(4-3-9)5-6-11-8/h8H,2-7,9H2,1H3/t8-/m0/s1. The van der Waals surface area contributed by atoms with Gasteiger partial charge in [0.15, 0.2) is 0 Å². The quantitative estimate of drug-likeness (QED) is 0.631. The van der Waals surface area contributed by atoms with Crippen molar-refractivity contribution in [1.29, 1.82) is 0 Å². The molecular formula is C8H18N2O. The summed E-state index contributed by atoms with van der Waals surface area (Å²) < 4.78 is 5.52. The molecule has 0 aliphatic carbocycles. The fourth-order valence-corrected chi connectivity index (χ4v) is 1.41. The second-order valence-electron chi connectivity index (χ2n) is 2.99. The maximum absolute atomic E-state index is 5.52. The predicted octanol–water partition coefficient (Wildman–Crippen LogP) is 0.0559. The average molecular weight is 158 g/mol. The summed E-state index contributed by atoms with van der Waals surface area (Å²) in [6.07, 6.45) is 1.55. The first-order valence-corrected chi connectivity index (χ1v) is 4.40. The van der Waals surface area contributed by atoms with Crippen molar-refractivity contribution in [3.05, 3.63) is 0 Å². The normalized spacial score (nSPS) is 27.3. The number of nitrogens with two attached hydrogens (primary N) is 1. The second kappa shape index (κ2) is 4.70. The fourth-order valence-electron chi connectivity index (χ4n) is 1.41. The molecular weight excluding hydrogens is 140 g/mol. The minimum atomic E-state index is 0.440. The third-order valence-electron chi connectivity index (χ3n) is 2.12. The number of rotatable bonds is 3. The molecule has 1 atom stereocenters. The smallest absolute Gasteiger partial charge is 0.0700 e.